The number of hydrogen-bond donors (Lipinski definition) is 3. The number of carbonyl (C=O) groups is 2. The molecule has 1 fully saturated rings. The molecule has 2 amide bonds. The molecule has 0 radical (unpaired) electrons. The van der Waals surface area contributed by atoms with Crippen molar-refractivity contribution in [1.82, 2.24) is 5.32 Å². The zero-order chi connectivity index (χ0) is 18.9. The van der Waals surface area contributed by atoms with E-state index in [-0.39, 0.29) is 30.1 Å². The summed E-state index contributed by atoms with van der Waals surface area (Å²) in [6.45, 7) is 0.396. The summed E-state index contributed by atoms with van der Waals surface area (Å²) in [6, 6.07) is 5.09. The fourth-order valence-electron chi connectivity index (χ4n) is 3.53. The SMILES string of the molecule is O=C(O)CCCCC[C@@H]1[C@@H](CNC(=O)Nc2ccc(F)cc2)CC[C@H]1F. The summed E-state index contributed by atoms with van der Waals surface area (Å²) in [4.78, 5) is 22.4. The van der Waals surface area contributed by atoms with E-state index in [2.05, 4.69) is 10.6 Å². The second-order valence-corrected chi connectivity index (χ2v) is 6.85. The predicted molar refractivity (Wildman–Crippen MR) is 95.3 cm³/mol. The van der Waals surface area contributed by atoms with Crippen molar-refractivity contribution in [2.24, 2.45) is 11.8 Å². The molecule has 1 aromatic rings. The number of carbonyl (C=O) groups excluding carboxylic acids is 1. The molecule has 144 valence electrons. The van der Waals surface area contributed by atoms with Gasteiger partial charge in [-0.3, -0.25) is 4.79 Å². The van der Waals surface area contributed by atoms with Crippen LogP contribution in [-0.4, -0.2) is 29.8 Å². The van der Waals surface area contributed by atoms with Gasteiger partial charge in [0.05, 0.1) is 0 Å². The molecule has 0 saturated heterocycles. The Kier molecular flexibility index (Phi) is 7.81. The van der Waals surface area contributed by atoms with Gasteiger partial charge in [-0.15, -0.1) is 0 Å². The fourth-order valence-corrected chi connectivity index (χ4v) is 3.53. The van der Waals surface area contributed by atoms with Gasteiger partial charge in [-0.1, -0.05) is 12.8 Å². The van der Waals surface area contributed by atoms with Crippen molar-refractivity contribution in [3.8, 4) is 0 Å². The molecule has 1 aliphatic carbocycles. The molecule has 5 nitrogen and oxygen atoms in total. The lowest BCUT2D eigenvalue weighted by Crippen LogP contribution is -2.35. The highest BCUT2D eigenvalue weighted by molar-refractivity contribution is 5.89. The van der Waals surface area contributed by atoms with Crippen LogP contribution in [0.1, 0.15) is 44.9 Å². The fraction of sp³-hybridized carbons (Fsp3) is 0.579. The molecule has 7 heteroatoms. The topological polar surface area (TPSA) is 78.4 Å². The van der Waals surface area contributed by atoms with Gasteiger partial charge in [0.2, 0.25) is 0 Å². The summed E-state index contributed by atoms with van der Waals surface area (Å²) >= 11 is 0. The van der Waals surface area contributed by atoms with E-state index in [4.69, 9.17) is 5.11 Å². The van der Waals surface area contributed by atoms with Crippen molar-refractivity contribution in [2.45, 2.75) is 51.1 Å². The summed E-state index contributed by atoms with van der Waals surface area (Å²) in [7, 11) is 0. The molecular weight excluding hydrogens is 342 g/mol. The lowest BCUT2D eigenvalue weighted by Gasteiger charge is -2.21. The minimum absolute atomic E-state index is 0.0865. The van der Waals surface area contributed by atoms with Gasteiger partial charge in [0, 0.05) is 18.7 Å². The zero-order valence-electron chi connectivity index (χ0n) is 14.7. The van der Waals surface area contributed by atoms with Crippen molar-refractivity contribution < 1.29 is 23.5 Å². The molecule has 1 saturated carbocycles. The van der Waals surface area contributed by atoms with E-state index in [0.29, 0.717) is 31.5 Å². The van der Waals surface area contributed by atoms with Crippen LogP contribution in [-0.2, 0) is 4.79 Å². The van der Waals surface area contributed by atoms with E-state index in [9.17, 15) is 18.4 Å². The first-order valence-electron chi connectivity index (χ1n) is 9.12. The number of benzene rings is 1. The van der Waals surface area contributed by atoms with Crippen molar-refractivity contribution in [3.05, 3.63) is 30.1 Å². The Morgan fingerprint density at radius 2 is 1.85 bits per heavy atom. The quantitative estimate of drug-likeness (QED) is 0.567. The van der Waals surface area contributed by atoms with Crippen molar-refractivity contribution in [1.29, 1.82) is 0 Å². The predicted octanol–water partition coefficient (Wildman–Crippen LogP) is 4.35. The maximum Gasteiger partial charge on any atom is 0.319 e. The van der Waals surface area contributed by atoms with Crippen molar-refractivity contribution in [2.75, 3.05) is 11.9 Å². The molecule has 1 aliphatic rings. The summed E-state index contributed by atoms with van der Waals surface area (Å²) < 4.78 is 27.0. The highest BCUT2D eigenvalue weighted by Gasteiger charge is 2.35. The lowest BCUT2D eigenvalue weighted by atomic mass is 9.89. The molecule has 0 heterocycles. The van der Waals surface area contributed by atoms with Crippen LogP contribution in [0.4, 0.5) is 19.3 Å². The molecule has 26 heavy (non-hydrogen) atoms. The van der Waals surface area contributed by atoms with E-state index in [1.807, 2.05) is 0 Å². The summed E-state index contributed by atoms with van der Waals surface area (Å²) in [5.41, 5.74) is 0.494. The normalized spacial score (nSPS) is 22.2. The Morgan fingerprint density at radius 1 is 1.12 bits per heavy atom. The first-order chi connectivity index (χ1) is 12.5. The average Bonchev–Trinajstić information content (AvgIpc) is 2.95. The molecule has 0 unspecified atom stereocenters. The summed E-state index contributed by atoms with van der Waals surface area (Å²) in [5, 5.41) is 14.0. The van der Waals surface area contributed by atoms with Crippen LogP contribution in [0.15, 0.2) is 24.3 Å². The highest BCUT2D eigenvalue weighted by Crippen LogP contribution is 2.37. The molecule has 0 aromatic heterocycles. The Balaban J connectivity index is 1.71. The maximum absolute atomic E-state index is 14.1. The van der Waals surface area contributed by atoms with Crippen LogP contribution < -0.4 is 10.6 Å². The van der Waals surface area contributed by atoms with Crippen molar-refractivity contribution in [3.63, 3.8) is 0 Å². The van der Waals surface area contributed by atoms with Crippen LogP contribution >= 0.6 is 0 Å². The summed E-state index contributed by atoms with van der Waals surface area (Å²) in [6.07, 6.45) is 3.44. The molecular formula is C19H26F2N2O3. The van der Waals surface area contributed by atoms with E-state index in [1.165, 1.54) is 24.3 Å². The largest absolute Gasteiger partial charge is 0.481 e. The molecule has 0 bridgehead atoms. The lowest BCUT2D eigenvalue weighted by molar-refractivity contribution is -0.137. The molecule has 3 N–H and O–H groups in total. The monoisotopic (exact) mass is 368 g/mol. The number of nitrogens with one attached hydrogen (secondary N) is 2. The van der Waals surface area contributed by atoms with Crippen molar-refractivity contribution >= 4 is 17.7 Å². The Morgan fingerprint density at radius 3 is 2.54 bits per heavy atom. The van der Waals surface area contributed by atoms with E-state index in [0.717, 1.165) is 19.3 Å². The number of aliphatic carboxylic acids is 1. The Bertz CT molecular complexity index is 595. The Hall–Kier alpha value is -2.18. The maximum atomic E-state index is 14.1. The zero-order valence-corrected chi connectivity index (χ0v) is 14.7. The first kappa shape index (κ1) is 20.1. The van der Waals surface area contributed by atoms with E-state index >= 15 is 0 Å². The van der Waals surface area contributed by atoms with Crippen LogP contribution in [0.2, 0.25) is 0 Å². The number of carboxylic acids is 1. The minimum atomic E-state index is -0.860. The smallest absolute Gasteiger partial charge is 0.319 e. The number of rotatable bonds is 9. The number of anilines is 1. The average molecular weight is 368 g/mol. The first-order valence-corrected chi connectivity index (χ1v) is 9.12. The van der Waals surface area contributed by atoms with Crippen LogP contribution in [0, 0.1) is 17.7 Å². The number of unbranched alkanes of at least 4 members (excludes halogenated alkanes) is 2. The van der Waals surface area contributed by atoms with Gasteiger partial charge in [-0.05, 0) is 61.8 Å². The second kappa shape index (κ2) is 10.1. The number of hydrogen-bond acceptors (Lipinski definition) is 2. The van der Waals surface area contributed by atoms with Gasteiger partial charge in [0.25, 0.3) is 0 Å². The third kappa shape index (κ3) is 6.61. The standard InChI is InChI=1S/C19H26F2N2O3/c20-14-7-9-15(10-8-14)23-19(26)22-12-13-6-11-17(21)16(13)4-2-1-3-5-18(24)25/h7-10,13,16-17H,1-6,11-12H2,(H,24,25)(H2,22,23,26)/t13-,16-,17-/m1/s1. The van der Waals surface area contributed by atoms with Crippen LogP contribution in [0.5, 0.6) is 0 Å². The second-order valence-electron chi connectivity index (χ2n) is 6.85. The number of halogens is 2. The van der Waals surface area contributed by atoms with Gasteiger partial charge in [0.15, 0.2) is 0 Å². The van der Waals surface area contributed by atoms with Gasteiger partial charge in [-0.2, -0.15) is 0 Å². The van der Waals surface area contributed by atoms with Gasteiger partial charge < -0.3 is 15.7 Å². The van der Waals surface area contributed by atoms with Crippen LogP contribution in [0.3, 0.4) is 0 Å². The van der Waals surface area contributed by atoms with Gasteiger partial charge in [-0.25, -0.2) is 13.6 Å². The molecule has 3 atom stereocenters. The highest BCUT2D eigenvalue weighted by atomic mass is 19.1. The third-order valence-corrected chi connectivity index (χ3v) is 4.94. The number of carboxylic acid groups (broad SMARTS) is 1. The molecule has 0 spiro atoms. The van der Waals surface area contributed by atoms with E-state index < -0.39 is 12.1 Å². The number of alkyl halides is 1. The molecule has 2 rings (SSSR count). The number of amides is 2. The van der Waals surface area contributed by atoms with E-state index in [1.54, 1.807) is 0 Å². The minimum Gasteiger partial charge on any atom is -0.481 e. The molecule has 1 aromatic carbocycles. The third-order valence-electron chi connectivity index (χ3n) is 4.94. The van der Waals surface area contributed by atoms with Gasteiger partial charge >= 0.3 is 12.0 Å². The van der Waals surface area contributed by atoms with Gasteiger partial charge in [0.1, 0.15) is 12.0 Å². The Labute approximate surface area is 152 Å². The van der Waals surface area contributed by atoms with Crippen LogP contribution in [0.25, 0.3) is 0 Å². The molecule has 0 aliphatic heterocycles. The number of urea groups is 1. The summed E-state index contributed by atoms with van der Waals surface area (Å²) in [5.74, 6) is -1.18.